The van der Waals surface area contributed by atoms with Gasteiger partial charge in [-0.05, 0) is 136 Å². The van der Waals surface area contributed by atoms with E-state index in [4.69, 9.17) is 9.47 Å². The van der Waals surface area contributed by atoms with Crippen LogP contribution < -0.4 is 0 Å². The first-order valence-electron chi connectivity index (χ1n) is 27.4. The maximum atomic E-state index is 14.7. The lowest BCUT2D eigenvalue weighted by Gasteiger charge is -2.38. The van der Waals surface area contributed by atoms with Gasteiger partial charge in [0.25, 0.3) is 6.29 Å². The molecule has 0 amide bonds. The number of carbonyl (C=O) groups excluding carboxylic acids is 2. The molecular weight excluding hydrogens is 933 g/mol. The Kier molecular flexibility index (Phi) is 17.9. The van der Waals surface area contributed by atoms with Crippen LogP contribution in [-0.4, -0.2) is 38.7 Å². The molecule has 0 unspecified atom stereocenters. The van der Waals surface area contributed by atoms with Crippen LogP contribution >= 0.6 is 0 Å². The molecule has 4 aromatic carbocycles. The predicted molar refractivity (Wildman–Crippen MR) is 310 cm³/mol. The summed E-state index contributed by atoms with van der Waals surface area (Å²) in [6, 6.07) is 16.1. The van der Waals surface area contributed by atoms with Gasteiger partial charge in [0.15, 0.2) is 0 Å². The maximum Gasteiger partial charge on any atom is 0.309 e. The van der Waals surface area contributed by atoms with Crippen molar-refractivity contribution in [2.45, 2.75) is 261 Å². The van der Waals surface area contributed by atoms with E-state index in [1.54, 1.807) is 0 Å². The molecule has 0 heterocycles. The van der Waals surface area contributed by atoms with E-state index in [9.17, 15) is 30.0 Å². The SMILES string of the molecule is CC(C)(C)c1cc(CCC(=O)OC(OC(=O)CCc2cc(C(C)(C)C)c(O)c(C(C)(C)C)c2)C(C)(Cc2cc(C(C)(C)C)c(O)c(C(C)(C)C)c2)Cc2cc(C(C)(C)C)c(O)c(C(C)(C)C)c2)cc(C(C)(C)C)c1O. The van der Waals surface area contributed by atoms with Crippen LogP contribution in [0.2, 0.25) is 0 Å². The molecule has 0 aliphatic heterocycles. The summed E-state index contributed by atoms with van der Waals surface area (Å²) in [4.78, 5) is 29.5. The molecular formula is C67H100O8. The Labute approximate surface area is 454 Å². The van der Waals surface area contributed by atoms with Crippen molar-refractivity contribution in [1.82, 2.24) is 0 Å². The van der Waals surface area contributed by atoms with Crippen LogP contribution in [0.25, 0.3) is 0 Å². The number of hydrogen-bond acceptors (Lipinski definition) is 8. The minimum atomic E-state index is -1.39. The summed E-state index contributed by atoms with van der Waals surface area (Å²) in [5.41, 5.74) is 5.52. The second kappa shape index (κ2) is 21.4. The molecule has 0 saturated carbocycles. The van der Waals surface area contributed by atoms with E-state index in [2.05, 4.69) is 166 Å². The van der Waals surface area contributed by atoms with Crippen LogP contribution in [0.5, 0.6) is 23.0 Å². The second-order valence-corrected chi connectivity index (χ2v) is 30.5. The first-order valence-corrected chi connectivity index (χ1v) is 27.4. The van der Waals surface area contributed by atoms with E-state index in [0.717, 1.165) is 66.8 Å². The molecule has 4 N–H and O–H groups in total. The van der Waals surface area contributed by atoms with Crippen molar-refractivity contribution >= 4 is 11.9 Å². The van der Waals surface area contributed by atoms with Gasteiger partial charge in [-0.15, -0.1) is 0 Å². The summed E-state index contributed by atoms with van der Waals surface area (Å²) in [6.45, 7) is 51.7. The molecule has 0 radical (unpaired) electrons. The van der Waals surface area contributed by atoms with E-state index < -0.39 is 45.3 Å². The lowest BCUT2D eigenvalue weighted by atomic mass is 9.72. The van der Waals surface area contributed by atoms with Gasteiger partial charge < -0.3 is 29.9 Å². The lowest BCUT2D eigenvalue weighted by Crippen LogP contribution is -2.43. The first kappa shape index (κ1) is 62.6. The second-order valence-electron chi connectivity index (χ2n) is 30.5. The first-order chi connectivity index (χ1) is 33.6. The van der Waals surface area contributed by atoms with Crippen LogP contribution in [0.1, 0.15) is 253 Å². The number of esters is 2. The van der Waals surface area contributed by atoms with Crippen molar-refractivity contribution in [2.75, 3.05) is 0 Å². The number of phenolic OH excluding ortho intramolecular Hbond substituents is 4. The van der Waals surface area contributed by atoms with Crippen LogP contribution in [0.4, 0.5) is 0 Å². The molecule has 8 heteroatoms. The third-order valence-corrected chi connectivity index (χ3v) is 14.6. The maximum absolute atomic E-state index is 14.7. The quantitative estimate of drug-likeness (QED) is 0.0769. The highest BCUT2D eigenvalue weighted by Gasteiger charge is 2.43. The molecule has 75 heavy (non-hydrogen) atoms. The van der Waals surface area contributed by atoms with Crippen molar-refractivity contribution in [2.24, 2.45) is 5.41 Å². The summed E-state index contributed by atoms with van der Waals surface area (Å²) in [5, 5.41) is 46.8. The Morgan fingerprint density at radius 2 is 0.507 bits per heavy atom. The van der Waals surface area contributed by atoms with E-state index >= 15 is 0 Å². The van der Waals surface area contributed by atoms with E-state index in [1.807, 2.05) is 55.5 Å². The zero-order valence-corrected chi connectivity index (χ0v) is 51.4. The summed E-state index contributed by atoms with van der Waals surface area (Å²) >= 11 is 0. The molecule has 0 aliphatic rings. The molecule has 0 aliphatic carbocycles. The molecule has 0 aromatic heterocycles. The molecule has 0 bridgehead atoms. The molecule has 4 aromatic rings. The Hall–Kier alpha value is -4.98. The van der Waals surface area contributed by atoms with E-state index in [1.165, 1.54) is 0 Å². The minimum absolute atomic E-state index is 0.0240. The van der Waals surface area contributed by atoms with Gasteiger partial charge >= 0.3 is 11.9 Å². The summed E-state index contributed by atoms with van der Waals surface area (Å²) < 4.78 is 13.3. The lowest BCUT2D eigenvalue weighted by molar-refractivity contribution is -0.211. The Morgan fingerprint density at radius 1 is 0.333 bits per heavy atom. The molecule has 0 fully saturated rings. The average molecular weight is 1030 g/mol. The molecule has 8 nitrogen and oxygen atoms in total. The minimum Gasteiger partial charge on any atom is -0.507 e. The van der Waals surface area contributed by atoms with Gasteiger partial charge in [0.05, 0.1) is 0 Å². The summed E-state index contributed by atoms with van der Waals surface area (Å²) in [5.74, 6) is -0.0734. The zero-order chi connectivity index (χ0) is 57.8. The molecule has 0 atom stereocenters. The highest BCUT2D eigenvalue weighted by atomic mass is 16.7. The number of hydrogen-bond donors (Lipinski definition) is 4. The number of aryl methyl sites for hydroxylation is 2. The molecule has 0 spiro atoms. The van der Waals surface area contributed by atoms with Crippen molar-refractivity contribution in [3.05, 3.63) is 115 Å². The fraction of sp³-hybridized carbons (Fsp3) is 0.612. The standard InChI is InChI=1S/C67H100O8/c1-59(2,3)44-30-40(31-45(54(44)70)60(4,5)6)26-28-52(68)74-58(75-53(69)29-27-41-32-46(61(7,8)9)55(71)47(33-41)62(10,11)12)67(25,38-42-34-48(63(13,14)15)56(72)49(35-42)64(16,17)18)39-43-36-50(65(19,20)21)57(73)51(37-43)66(22,23)24/h30-37,58,70-73H,26-29,38-39H2,1-25H3. The van der Waals surface area contributed by atoms with Crippen LogP contribution in [0.3, 0.4) is 0 Å². The van der Waals surface area contributed by atoms with Crippen molar-refractivity contribution in [3.8, 4) is 23.0 Å². The van der Waals surface area contributed by atoms with Crippen molar-refractivity contribution in [3.63, 3.8) is 0 Å². The van der Waals surface area contributed by atoms with Crippen LogP contribution in [0, 0.1) is 5.41 Å². The number of rotatable bonds is 13. The fourth-order valence-electron chi connectivity index (χ4n) is 10.2. The highest BCUT2D eigenvalue weighted by Crippen LogP contribution is 2.47. The summed E-state index contributed by atoms with van der Waals surface area (Å²) in [7, 11) is 0. The summed E-state index contributed by atoms with van der Waals surface area (Å²) in [6.07, 6.45) is -0.236. The zero-order valence-electron chi connectivity index (χ0n) is 51.4. The molecule has 416 valence electrons. The van der Waals surface area contributed by atoms with Gasteiger partial charge in [-0.1, -0.05) is 222 Å². The number of benzene rings is 4. The molecule has 4 rings (SSSR count). The average Bonchev–Trinajstić information content (AvgIpc) is 3.20. The number of aromatic hydroxyl groups is 4. The van der Waals surface area contributed by atoms with Crippen LogP contribution in [-0.2, 0) is 88.1 Å². The Morgan fingerprint density at radius 3 is 0.680 bits per heavy atom. The number of carbonyl (C=O) groups is 2. The smallest absolute Gasteiger partial charge is 0.309 e. The monoisotopic (exact) mass is 1030 g/mol. The van der Waals surface area contributed by atoms with Crippen molar-refractivity contribution < 1.29 is 39.5 Å². The van der Waals surface area contributed by atoms with Crippen LogP contribution in [0.15, 0.2) is 48.5 Å². The van der Waals surface area contributed by atoms with Gasteiger partial charge in [0.1, 0.15) is 23.0 Å². The number of phenols is 4. The number of ether oxygens (including phenoxy) is 2. The normalized spacial score (nSPS) is 13.6. The van der Waals surface area contributed by atoms with E-state index in [-0.39, 0.29) is 70.3 Å². The third kappa shape index (κ3) is 15.6. The van der Waals surface area contributed by atoms with Gasteiger partial charge in [0, 0.05) is 18.3 Å². The Balaban J connectivity index is 2.00. The predicted octanol–water partition coefficient (Wildman–Crippen LogP) is 16.4. The third-order valence-electron chi connectivity index (χ3n) is 14.6. The van der Waals surface area contributed by atoms with Gasteiger partial charge in [-0.3, -0.25) is 9.59 Å². The highest BCUT2D eigenvalue weighted by molar-refractivity contribution is 5.72. The molecule has 0 saturated heterocycles. The topological polar surface area (TPSA) is 134 Å². The van der Waals surface area contributed by atoms with Crippen molar-refractivity contribution in [1.29, 1.82) is 0 Å². The van der Waals surface area contributed by atoms with E-state index in [0.29, 0.717) is 12.8 Å². The largest absolute Gasteiger partial charge is 0.507 e. The van der Waals surface area contributed by atoms with Gasteiger partial charge in [0.2, 0.25) is 0 Å². The van der Waals surface area contributed by atoms with Gasteiger partial charge in [-0.2, -0.15) is 0 Å². The fourth-order valence-corrected chi connectivity index (χ4v) is 10.2. The van der Waals surface area contributed by atoms with Gasteiger partial charge in [-0.25, -0.2) is 0 Å². The Bertz CT molecular complexity index is 2390.